The van der Waals surface area contributed by atoms with Gasteiger partial charge in [-0.2, -0.15) is 5.10 Å². The maximum atomic E-state index is 12.6. The molecule has 0 bridgehead atoms. The third-order valence-electron chi connectivity index (χ3n) is 4.66. The molecule has 0 spiro atoms. The molecule has 21 heavy (non-hydrogen) atoms. The average Bonchev–Trinajstić information content (AvgIpc) is 3.16. The summed E-state index contributed by atoms with van der Waals surface area (Å²) < 4.78 is 1.83. The number of carbonyl (C=O) groups is 1. The second-order valence-electron chi connectivity index (χ2n) is 6.07. The van der Waals surface area contributed by atoms with Gasteiger partial charge in [-0.3, -0.25) is 14.4 Å². The number of aliphatic hydroxyl groups is 1. The fourth-order valence-electron chi connectivity index (χ4n) is 3.46. The molecular formula is C15H24N4O2. The van der Waals surface area contributed by atoms with E-state index in [0.29, 0.717) is 18.8 Å². The normalized spacial score (nSPS) is 26.7. The number of β-amino-alcohol motifs (C(OH)–C–C–N with tert-alkyl or cyclic N) is 1. The zero-order valence-corrected chi connectivity index (χ0v) is 12.8. The molecule has 1 N–H and O–H groups in total. The number of carbonyl (C=O) groups excluding carboxylic acids is 1. The molecule has 3 heterocycles. The monoisotopic (exact) mass is 292 g/mol. The quantitative estimate of drug-likeness (QED) is 0.881. The van der Waals surface area contributed by atoms with E-state index in [1.807, 2.05) is 24.6 Å². The van der Waals surface area contributed by atoms with Gasteiger partial charge in [0.1, 0.15) is 0 Å². The van der Waals surface area contributed by atoms with Crippen LogP contribution in [0.5, 0.6) is 0 Å². The minimum absolute atomic E-state index is 0.0638. The van der Waals surface area contributed by atoms with Crippen molar-refractivity contribution in [3.05, 3.63) is 17.5 Å². The van der Waals surface area contributed by atoms with Crippen molar-refractivity contribution in [3.63, 3.8) is 0 Å². The highest BCUT2D eigenvalue weighted by Gasteiger charge is 2.39. The van der Waals surface area contributed by atoms with E-state index in [4.69, 9.17) is 0 Å². The van der Waals surface area contributed by atoms with Gasteiger partial charge in [0.25, 0.3) is 5.91 Å². The molecule has 0 unspecified atom stereocenters. The van der Waals surface area contributed by atoms with Crippen LogP contribution < -0.4 is 0 Å². The highest BCUT2D eigenvalue weighted by atomic mass is 16.3. The zero-order chi connectivity index (χ0) is 15.0. The molecule has 1 amide bonds. The minimum atomic E-state index is -0.443. The number of aromatic nitrogens is 2. The van der Waals surface area contributed by atoms with Crippen molar-refractivity contribution in [2.45, 2.75) is 45.4 Å². The molecule has 0 aliphatic carbocycles. The van der Waals surface area contributed by atoms with Gasteiger partial charge in [0.05, 0.1) is 12.1 Å². The standard InChI is InChI=1S/C15H24N4O2/c1-3-19-11(2)8-12(16-19)15(21)18-9-13(14(20)10-18)17-6-4-5-7-17/h8,13-14,20H,3-7,9-10H2,1-2H3/t13-,14-/m1/s1. The van der Waals surface area contributed by atoms with Gasteiger partial charge in [0.2, 0.25) is 0 Å². The van der Waals surface area contributed by atoms with Gasteiger partial charge in [-0.1, -0.05) is 0 Å². The molecule has 6 nitrogen and oxygen atoms in total. The third kappa shape index (κ3) is 2.70. The van der Waals surface area contributed by atoms with E-state index in [1.165, 1.54) is 12.8 Å². The lowest BCUT2D eigenvalue weighted by molar-refractivity contribution is 0.0756. The van der Waals surface area contributed by atoms with Gasteiger partial charge >= 0.3 is 0 Å². The highest BCUT2D eigenvalue weighted by Crippen LogP contribution is 2.22. The zero-order valence-electron chi connectivity index (χ0n) is 12.8. The first-order chi connectivity index (χ1) is 10.1. The Bertz CT molecular complexity index is 522. The third-order valence-corrected chi connectivity index (χ3v) is 4.66. The molecule has 2 atom stereocenters. The number of rotatable bonds is 3. The number of hydrogen-bond acceptors (Lipinski definition) is 4. The molecule has 1 aromatic heterocycles. The number of aliphatic hydroxyl groups excluding tert-OH is 1. The van der Waals surface area contributed by atoms with Crippen LogP contribution in [0.2, 0.25) is 0 Å². The molecule has 0 aromatic carbocycles. The van der Waals surface area contributed by atoms with Crippen LogP contribution >= 0.6 is 0 Å². The number of aryl methyl sites for hydroxylation is 2. The van der Waals surface area contributed by atoms with Gasteiger partial charge in [-0.15, -0.1) is 0 Å². The van der Waals surface area contributed by atoms with Crippen molar-refractivity contribution in [1.82, 2.24) is 19.6 Å². The van der Waals surface area contributed by atoms with Crippen molar-refractivity contribution in [2.24, 2.45) is 0 Å². The molecule has 2 aliphatic heterocycles. The van der Waals surface area contributed by atoms with Gasteiger partial charge in [0.15, 0.2) is 5.69 Å². The van der Waals surface area contributed by atoms with Crippen LogP contribution in [0.25, 0.3) is 0 Å². The van der Waals surface area contributed by atoms with E-state index in [1.54, 1.807) is 4.90 Å². The first-order valence-electron chi connectivity index (χ1n) is 7.86. The van der Waals surface area contributed by atoms with Crippen LogP contribution in [0, 0.1) is 6.92 Å². The lowest BCUT2D eigenvalue weighted by Gasteiger charge is -2.25. The van der Waals surface area contributed by atoms with Gasteiger partial charge in [-0.05, 0) is 45.8 Å². The molecule has 1 aromatic rings. The SMILES string of the molecule is CCn1nc(C(=O)N2C[C@@H](O)[C@H](N3CCCC3)C2)cc1C. The summed E-state index contributed by atoms with van der Waals surface area (Å²) in [5.41, 5.74) is 1.49. The van der Waals surface area contributed by atoms with Crippen molar-refractivity contribution < 1.29 is 9.90 Å². The van der Waals surface area contributed by atoms with E-state index in [-0.39, 0.29) is 11.9 Å². The van der Waals surface area contributed by atoms with E-state index < -0.39 is 6.10 Å². The van der Waals surface area contributed by atoms with Crippen molar-refractivity contribution in [1.29, 1.82) is 0 Å². The summed E-state index contributed by atoms with van der Waals surface area (Å²) in [6.45, 7) is 7.82. The second-order valence-corrected chi connectivity index (χ2v) is 6.07. The van der Waals surface area contributed by atoms with Gasteiger partial charge < -0.3 is 10.0 Å². The van der Waals surface area contributed by atoms with Crippen molar-refractivity contribution in [3.8, 4) is 0 Å². The molecule has 6 heteroatoms. The maximum Gasteiger partial charge on any atom is 0.274 e. The summed E-state index contributed by atoms with van der Waals surface area (Å²) in [6, 6.07) is 1.92. The van der Waals surface area contributed by atoms with Crippen LogP contribution in [0.1, 0.15) is 35.9 Å². The topological polar surface area (TPSA) is 61.6 Å². The van der Waals surface area contributed by atoms with E-state index >= 15 is 0 Å². The first-order valence-corrected chi connectivity index (χ1v) is 7.86. The number of likely N-dealkylation sites (tertiary alicyclic amines) is 2. The predicted molar refractivity (Wildman–Crippen MR) is 79.1 cm³/mol. The van der Waals surface area contributed by atoms with Crippen LogP contribution in [-0.4, -0.2) is 68.9 Å². The Hall–Kier alpha value is -1.40. The van der Waals surface area contributed by atoms with Crippen LogP contribution in [0.3, 0.4) is 0 Å². The minimum Gasteiger partial charge on any atom is -0.390 e. The Morgan fingerprint density at radius 2 is 2.10 bits per heavy atom. The Morgan fingerprint density at radius 3 is 2.71 bits per heavy atom. The summed E-state index contributed by atoms with van der Waals surface area (Å²) in [5, 5.41) is 14.6. The Labute approximate surface area is 125 Å². The molecular weight excluding hydrogens is 268 g/mol. The Morgan fingerprint density at radius 1 is 1.38 bits per heavy atom. The van der Waals surface area contributed by atoms with Crippen molar-refractivity contribution >= 4 is 5.91 Å². The average molecular weight is 292 g/mol. The van der Waals surface area contributed by atoms with Crippen LogP contribution in [-0.2, 0) is 6.54 Å². The smallest absolute Gasteiger partial charge is 0.274 e. The number of amides is 1. The first kappa shape index (κ1) is 14.5. The second kappa shape index (κ2) is 5.77. The Kier molecular flexibility index (Phi) is 3.99. The number of hydrogen-bond donors (Lipinski definition) is 1. The maximum absolute atomic E-state index is 12.6. The van der Waals surface area contributed by atoms with Gasteiger partial charge in [0, 0.05) is 25.3 Å². The largest absolute Gasteiger partial charge is 0.390 e. The number of nitrogens with zero attached hydrogens (tertiary/aromatic N) is 4. The summed E-state index contributed by atoms with van der Waals surface area (Å²) in [6.07, 6.45) is 1.94. The molecule has 0 saturated carbocycles. The molecule has 2 saturated heterocycles. The highest BCUT2D eigenvalue weighted by molar-refractivity contribution is 5.92. The van der Waals surface area contributed by atoms with E-state index in [9.17, 15) is 9.90 Å². The summed E-state index contributed by atoms with van der Waals surface area (Å²) in [4.78, 5) is 16.6. The molecule has 116 valence electrons. The van der Waals surface area contributed by atoms with Gasteiger partial charge in [-0.25, -0.2) is 0 Å². The lowest BCUT2D eigenvalue weighted by atomic mass is 10.2. The summed E-state index contributed by atoms with van der Waals surface area (Å²) in [5.74, 6) is -0.0638. The molecule has 2 aliphatic rings. The van der Waals surface area contributed by atoms with Crippen LogP contribution in [0.15, 0.2) is 6.07 Å². The Balaban J connectivity index is 1.70. The van der Waals surface area contributed by atoms with E-state index in [0.717, 1.165) is 25.3 Å². The predicted octanol–water partition coefficient (Wildman–Crippen LogP) is 0.493. The molecule has 3 rings (SSSR count). The fourth-order valence-corrected chi connectivity index (χ4v) is 3.46. The summed E-state index contributed by atoms with van der Waals surface area (Å²) >= 11 is 0. The summed E-state index contributed by atoms with van der Waals surface area (Å²) in [7, 11) is 0. The molecule has 2 fully saturated rings. The van der Waals surface area contributed by atoms with E-state index in [2.05, 4.69) is 10.00 Å². The fraction of sp³-hybridized carbons (Fsp3) is 0.733. The lowest BCUT2D eigenvalue weighted by Crippen LogP contribution is -2.41. The van der Waals surface area contributed by atoms with Crippen LogP contribution in [0.4, 0.5) is 0 Å². The molecule has 0 radical (unpaired) electrons. The van der Waals surface area contributed by atoms with Crippen molar-refractivity contribution in [2.75, 3.05) is 26.2 Å².